The van der Waals surface area contributed by atoms with Gasteiger partial charge in [-0.05, 0) is 29.9 Å². The van der Waals surface area contributed by atoms with E-state index in [0.717, 1.165) is 0 Å². The lowest BCUT2D eigenvalue weighted by Gasteiger charge is -2.40. The van der Waals surface area contributed by atoms with Crippen molar-refractivity contribution in [1.82, 2.24) is 14.7 Å². The zero-order valence-corrected chi connectivity index (χ0v) is 19.9. The van der Waals surface area contributed by atoms with E-state index in [1.807, 2.05) is 36.4 Å². The number of nitrogens with one attached hydrogen (secondary N) is 1. The van der Waals surface area contributed by atoms with Gasteiger partial charge in [0.05, 0.1) is 0 Å². The molecule has 2 amide bonds. The minimum Gasteiger partial charge on any atom is -0.381 e. The molecule has 0 unspecified atom stereocenters. The molecule has 10 heteroatoms. The second kappa shape index (κ2) is 10.4. The summed E-state index contributed by atoms with van der Waals surface area (Å²) < 4.78 is 31.6. The summed E-state index contributed by atoms with van der Waals surface area (Å²) in [5, 5.41) is 9.16. The molecule has 0 bridgehead atoms. The Kier molecular flexibility index (Phi) is 7.51. The predicted molar refractivity (Wildman–Crippen MR) is 125 cm³/mol. The summed E-state index contributed by atoms with van der Waals surface area (Å²) in [5.74, 6) is -0.751. The number of hydroxylamine groups is 1. The maximum Gasteiger partial charge on any atom is 0.266 e. The lowest BCUT2D eigenvalue weighted by Crippen LogP contribution is -2.60. The molecule has 2 saturated heterocycles. The molecule has 0 saturated carbocycles. The van der Waals surface area contributed by atoms with Gasteiger partial charge in [-0.25, -0.2) is 18.2 Å². The minimum atomic E-state index is -3.96. The summed E-state index contributed by atoms with van der Waals surface area (Å²) in [7, 11) is -3.96. The highest BCUT2D eigenvalue weighted by atomic mass is 32.2. The number of ether oxygens (including phenoxy) is 1. The normalized spacial score (nSPS) is 21.7. The predicted octanol–water partition coefficient (Wildman–Crippen LogP) is 1.74. The van der Waals surface area contributed by atoms with Crippen LogP contribution in [0.2, 0.25) is 0 Å². The molecule has 4 rings (SSSR count). The molecule has 3 aliphatic rings. The van der Waals surface area contributed by atoms with Crippen LogP contribution in [-0.2, 0) is 37.4 Å². The first-order chi connectivity index (χ1) is 16.4. The number of benzene rings is 1. The molecular weight excluding hydrogens is 458 g/mol. The van der Waals surface area contributed by atoms with E-state index in [-0.39, 0.29) is 37.9 Å². The van der Waals surface area contributed by atoms with E-state index in [1.54, 1.807) is 22.5 Å². The van der Waals surface area contributed by atoms with E-state index in [9.17, 15) is 18.0 Å². The fraction of sp³-hybridized carbons (Fsp3) is 0.500. The van der Waals surface area contributed by atoms with Crippen molar-refractivity contribution in [2.24, 2.45) is 5.92 Å². The number of rotatable bonds is 6. The Bertz CT molecular complexity index is 1040. The van der Waals surface area contributed by atoms with Crippen LogP contribution in [0, 0.1) is 5.92 Å². The highest BCUT2D eigenvalue weighted by Gasteiger charge is 2.54. The van der Waals surface area contributed by atoms with Gasteiger partial charge in [-0.2, -0.15) is 0 Å². The SMILES string of the molecule is O=C(/C=C/C=C/C1CCN(S(=O)(=O)C2(C(=O)NO)CCOCC2)CC1)N1Cc2ccccc2C1. The monoisotopic (exact) mass is 489 g/mol. The zero-order chi connectivity index (χ0) is 24.2. The average molecular weight is 490 g/mol. The summed E-state index contributed by atoms with van der Waals surface area (Å²) in [6.07, 6.45) is 8.40. The van der Waals surface area contributed by atoms with Gasteiger partial charge in [0.2, 0.25) is 15.9 Å². The molecule has 0 radical (unpaired) electrons. The molecule has 2 fully saturated rings. The van der Waals surface area contributed by atoms with Crippen LogP contribution in [0.3, 0.4) is 0 Å². The lowest BCUT2D eigenvalue weighted by molar-refractivity contribution is -0.134. The maximum absolute atomic E-state index is 13.3. The molecule has 0 aliphatic carbocycles. The fourth-order valence-corrected chi connectivity index (χ4v) is 7.06. The van der Waals surface area contributed by atoms with E-state index >= 15 is 0 Å². The Balaban J connectivity index is 1.30. The van der Waals surface area contributed by atoms with Crippen molar-refractivity contribution in [2.75, 3.05) is 26.3 Å². The summed E-state index contributed by atoms with van der Waals surface area (Å²) in [5.41, 5.74) is 3.91. The van der Waals surface area contributed by atoms with Crippen LogP contribution in [0.25, 0.3) is 0 Å². The zero-order valence-electron chi connectivity index (χ0n) is 19.1. The third kappa shape index (κ3) is 4.81. The van der Waals surface area contributed by atoms with Gasteiger partial charge in [-0.3, -0.25) is 14.8 Å². The highest BCUT2D eigenvalue weighted by Crippen LogP contribution is 2.35. The van der Waals surface area contributed by atoms with E-state index < -0.39 is 20.7 Å². The molecule has 1 aromatic rings. The van der Waals surface area contributed by atoms with Crippen LogP contribution in [0.15, 0.2) is 48.6 Å². The van der Waals surface area contributed by atoms with Gasteiger partial charge >= 0.3 is 0 Å². The van der Waals surface area contributed by atoms with Gasteiger partial charge in [0.15, 0.2) is 4.75 Å². The van der Waals surface area contributed by atoms with Crippen LogP contribution in [0.4, 0.5) is 0 Å². The Morgan fingerprint density at radius 2 is 1.68 bits per heavy atom. The topological polar surface area (TPSA) is 116 Å². The molecule has 1 aromatic carbocycles. The van der Waals surface area contributed by atoms with E-state index in [1.165, 1.54) is 15.4 Å². The number of hydrogen-bond donors (Lipinski definition) is 2. The van der Waals surface area contributed by atoms with Crippen molar-refractivity contribution in [3.05, 3.63) is 59.7 Å². The van der Waals surface area contributed by atoms with E-state index in [4.69, 9.17) is 9.94 Å². The number of allylic oxidation sites excluding steroid dienone is 3. The van der Waals surface area contributed by atoms with E-state index in [0.29, 0.717) is 39.0 Å². The lowest BCUT2D eigenvalue weighted by atomic mass is 9.97. The van der Waals surface area contributed by atoms with Gasteiger partial charge in [0.1, 0.15) is 0 Å². The Morgan fingerprint density at radius 1 is 1.06 bits per heavy atom. The average Bonchev–Trinajstić information content (AvgIpc) is 3.31. The Labute approximate surface area is 200 Å². The number of carbonyl (C=O) groups excluding carboxylic acids is 2. The van der Waals surface area contributed by atoms with E-state index in [2.05, 4.69) is 0 Å². The standard InChI is InChI=1S/C24H31N3O6S/c28-22(26-17-20-6-2-3-7-21(20)18-26)8-4-1-5-19-9-13-27(14-10-19)34(31,32)24(23(29)25-30)11-15-33-16-12-24/h1-8,19,30H,9-18H2,(H,25,29)/b5-1+,8-4+. The molecule has 3 heterocycles. The van der Waals surface area contributed by atoms with Crippen LogP contribution >= 0.6 is 0 Å². The van der Waals surface area contributed by atoms with Crippen molar-refractivity contribution in [2.45, 2.75) is 43.5 Å². The number of carbonyl (C=O) groups is 2. The number of hydrogen-bond acceptors (Lipinski definition) is 6. The molecule has 34 heavy (non-hydrogen) atoms. The number of fused-ring (bicyclic) bond motifs is 1. The third-order valence-electron chi connectivity index (χ3n) is 7.03. The van der Waals surface area contributed by atoms with Crippen molar-refractivity contribution in [1.29, 1.82) is 0 Å². The molecule has 0 atom stereocenters. The first kappa shape index (κ1) is 24.6. The summed E-state index contributed by atoms with van der Waals surface area (Å²) >= 11 is 0. The smallest absolute Gasteiger partial charge is 0.266 e. The molecule has 0 spiro atoms. The maximum atomic E-state index is 13.3. The van der Waals surface area contributed by atoms with Crippen LogP contribution in [0.1, 0.15) is 36.8 Å². The summed E-state index contributed by atoms with van der Waals surface area (Å²) in [6.45, 7) is 2.15. The Morgan fingerprint density at radius 3 is 2.26 bits per heavy atom. The van der Waals surface area contributed by atoms with Gasteiger partial charge in [0, 0.05) is 58.3 Å². The van der Waals surface area contributed by atoms with Gasteiger partial charge in [-0.15, -0.1) is 0 Å². The van der Waals surface area contributed by atoms with Crippen LogP contribution < -0.4 is 5.48 Å². The first-order valence-electron chi connectivity index (χ1n) is 11.6. The first-order valence-corrected chi connectivity index (χ1v) is 13.0. The van der Waals surface area contributed by atoms with Crippen molar-refractivity contribution in [3.63, 3.8) is 0 Å². The Hall–Kier alpha value is -2.53. The van der Waals surface area contributed by atoms with Crippen LogP contribution in [-0.4, -0.2) is 65.7 Å². The molecule has 184 valence electrons. The molecule has 9 nitrogen and oxygen atoms in total. The quantitative estimate of drug-likeness (QED) is 0.272. The summed E-state index contributed by atoms with van der Waals surface area (Å²) in [6, 6.07) is 8.04. The minimum absolute atomic E-state index is 0.0163. The second-order valence-corrected chi connectivity index (χ2v) is 11.2. The third-order valence-corrected chi connectivity index (χ3v) is 9.66. The van der Waals surface area contributed by atoms with Crippen molar-refractivity contribution >= 4 is 21.8 Å². The van der Waals surface area contributed by atoms with Crippen molar-refractivity contribution in [3.8, 4) is 0 Å². The molecular formula is C24H31N3O6S. The fourth-order valence-electron chi connectivity index (χ4n) is 4.91. The number of sulfonamides is 1. The van der Waals surface area contributed by atoms with Gasteiger partial charge < -0.3 is 9.64 Å². The second-order valence-electron chi connectivity index (χ2n) is 9.00. The largest absolute Gasteiger partial charge is 0.381 e. The van der Waals surface area contributed by atoms with Gasteiger partial charge in [0.25, 0.3) is 5.91 Å². The number of piperidine rings is 1. The highest BCUT2D eigenvalue weighted by molar-refractivity contribution is 7.91. The number of nitrogens with zero attached hydrogens (tertiary/aromatic N) is 2. The molecule has 2 N–H and O–H groups in total. The molecule has 3 aliphatic heterocycles. The summed E-state index contributed by atoms with van der Waals surface area (Å²) in [4.78, 5) is 26.6. The molecule has 0 aromatic heterocycles. The van der Waals surface area contributed by atoms with Gasteiger partial charge in [-0.1, -0.05) is 42.5 Å². The van der Waals surface area contributed by atoms with Crippen LogP contribution in [0.5, 0.6) is 0 Å². The van der Waals surface area contributed by atoms with Crippen molar-refractivity contribution < 1.29 is 28.0 Å². The number of amides is 2.